The number of imidazole rings is 1. The van der Waals surface area contributed by atoms with Crippen LogP contribution in [-0.4, -0.2) is 53.5 Å². The summed E-state index contributed by atoms with van der Waals surface area (Å²) in [5.74, 6) is -0.689. The average molecular weight is 413 g/mol. The van der Waals surface area contributed by atoms with E-state index in [0.29, 0.717) is 16.6 Å². The molecule has 6 nitrogen and oxygen atoms in total. The Morgan fingerprint density at radius 3 is 2.60 bits per heavy atom. The number of likely N-dealkylation sites (N-methyl/N-ethyl adjacent to an activating group) is 1. The molecule has 8 heteroatoms. The van der Waals surface area contributed by atoms with Crippen molar-refractivity contribution in [1.29, 1.82) is 0 Å². The van der Waals surface area contributed by atoms with E-state index in [1.54, 1.807) is 18.2 Å². The third kappa shape index (κ3) is 4.14. The molecule has 1 amide bonds. The number of fused-ring (bicyclic) bond motifs is 1. The third-order valence-electron chi connectivity index (χ3n) is 5.61. The van der Waals surface area contributed by atoms with Crippen LogP contribution in [0.3, 0.4) is 0 Å². The van der Waals surface area contributed by atoms with Gasteiger partial charge >= 0.3 is 0 Å². The number of alkyl halides is 2. The molecule has 30 heavy (non-hydrogen) atoms. The fourth-order valence-electron chi connectivity index (χ4n) is 3.78. The van der Waals surface area contributed by atoms with Crippen LogP contribution >= 0.6 is 0 Å². The van der Waals surface area contributed by atoms with Crippen molar-refractivity contribution in [1.82, 2.24) is 14.9 Å². The maximum Gasteiger partial charge on any atom is 0.295 e. The molecule has 4 rings (SSSR count). The second kappa shape index (κ2) is 8.39. The van der Waals surface area contributed by atoms with Crippen LogP contribution in [-0.2, 0) is 0 Å². The largest absolute Gasteiger partial charge is 0.369 e. The Kier molecular flexibility index (Phi) is 5.67. The summed E-state index contributed by atoms with van der Waals surface area (Å²) in [6.07, 6.45) is -2.68. The molecule has 0 bridgehead atoms. The number of H-pyrrole nitrogens is 1. The molecule has 0 aliphatic carbocycles. The first kappa shape index (κ1) is 20.3. The predicted octanol–water partition coefficient (Wildman–Crippen LogP) is 4.20. The van der Waals surface area contributed by atoms with Gasteiger partial charge in [0.25, 0.3) is 12.3 Å². The minimum Gasteiger partial charge on any atom is -0.369 e. The Balaban J connectivity index is 1.47. The van der Waals surface area contributed by atoms with Gasteiger partial charge in [-0.1, -0.05) is 6.92 Å². The summed E-state index contributed by atoms with van der Waals surface area (Å²) < 4.78 is 25.6. The van der Waals surface area contributed by atoms with Crippen LogP contribution in [0, 0.1) is 6.92 Å². The van der Waals surface area contributed by atoms with Crippen molar-refractivity contribution in [2.45, 2.75) is 20.3 Å². The van der Waals surface area contributed by atoms with E-state index in [0.717, 1.165) is 49.7 Å². The van der Waals surface area contributed by atoms with Gasteiger partial charge in [-0.05, 0) is 55.4 Å². The number of rotatable bonds is 5. The van der Waals surface area contributed by atoms with Gasteiger partial charge < -0.3 is 20.1 Å². The summed E-state index contributed by atoms with van der Waals surface area (Å²) in [7, 11) is 0. The number of nitrogens with zero attached hydrogens (tertiary/aromatic N) is 3. The van der Waals surface area contributed by atoms with E-state index in [-0.39, 0.29) is 5.91 Å². The van der Waals surface area contributed by atoms with E-state index in [9.17, 15) is 13.6 Å². The second-order valence-corrected chi connectivity index (χ2v) is 7.53. The topological polar surface area (TPSA) is 64.3 Å². The van der Waals surface area contributed by atoms with Crippen LogP contribution in [0.1, 0.15) is 35.1 Å². The lowest BCUT2D eigenvalue weighted by Crippen LogP contribution is -2.46. The zero-order valence-corrected chi connectivity index (χ0v) is 17.1. The lowest BCUT2D eigenvalue weighted by molar-refractivity contribution is 0.102. The van der Waals surface area contributed by atoms with Crippen molar-refractivity contribution >= 4 is 28.3 Å². The molecule has 2 heterocycles. The third-order valence-corrected chi connectivity index (χ3v) is 5.61. The number of carbonyl (C=O) groups is 1. The minimum atomic E-state index is -2.68. The number of carbonyl (C=O) groups excluding carboxylic acids is 1. The SMILES string of the molecule is CCN1CCN(c2ccc(NC(=O)c3ccc4nc(C(F)F)[nH]c4c3)c(C)c2)CC1. The zero-order chi connectivity index (χ0) is 21.3. The average Bonchev–Trinajstić information content (AvgIpc) is 3.19. The van der Waals surface area contributed by atoms with Gasteiger partial charge in [0.2, 0.25) is 0 Å². The minimum absolute atomic E-state index is 0.294. The number of piperazine rings is 1. The van der Waals surface area contributed by atoms with Crippen molar-refractivity contribution in [2.75, 3.05) is 42.9 Å². The lowest BCUT2D eigenvalue weighted by atomic mass is 10.1. The molecular formula is C22H25F2N5O. The van der Waals surface area contributed by atoms with Crippen LogP contribution in [0.4, 0.5) is 20.2 Å². The van der Waals surface area contributed by atoms with Crippen LogP contribution < -0.4 is 10.2 Å². The van der Waals surface area contributed by atoms with Gasteiger partial charge in [-0.2, -0.15) is 0 Å². The molecule has 3 aromatic rings. The molecule has 1 aromatic heterocycles. The molecule has 1 fully saturated rings. The Morgan fingerprint density at radius 1 is 1.17 bits per heavy atom. The summed E-state index contributed by atoms with van der Waals surface area (Å²) in [5.41, 5.74) is 4.06. The highest BCUT2D eigenvalue weighted by atomic mass is 19.3. The van der Waals surface area contributed by atoms with Crippen LogP contribution in [0.2, 0.25) is 0 Å². The summed E-state index contributed by atoms with van der Waals surface area (Å²) in [5, 5.41) is 2.92. The van der Waals surface area contributed by atoms with Gasteiger partial charge in [0, 0.05) is 43.1 Å². The Morgan fingerprint density at radius 2 is 1.93 bits per heavy atom. The molecule has 158 valence electrons. The first-order chi connectivity index (χ1) is 14.4. The first-order valence-corrected chi connectivity index (χ1v) is 10.1. The van der Waals surface area contributed by atoms with E-state index in [1.165, 1.54) is 0 Å². The number of aromatic nitrogens is 2. The first-order valence-electron chi connectivity index (χ1n) is 10.1. The molecule has 1 aliphatic rings. The fraction of sp³-hybridized carbons (Fsp3) is 0.364. The van der Waals surface area contributed by atoms with Crippen molar-refractivity contribution in [3.8, 4) is 0 Å². The van der Waals surface area contributed by atoms with Crippen molar-refractivity contribution in [3.63, 3.8) is 0 Å². The van der Waals surface area contributed by atoms with Gasteiger partial charge in [0.05, 0.1) is 11.0 Å². The van der Waals surface area contributed by atoms with Gasteiger partial charge in [0.1, 0.15) is 0 Å². The van der Waals surface area contributed by atoms with Crippen LogP contribution in [0.25, 0.3) is 11.0 Å². The van der Waals surface area contributed by atoms with Gasteiger partial charge in [-0.15, -0.1) is 0 Å². The van der Waals surface area contributed by atoms with Crippen molar-refractivity contribution < 1.29 is 13.6 Å². The predicted molar refractivity (Wildman–Crippen MR) is 115 cm³/mol. The van der Waals surface area contributed by atoms with E-state index >= 15 is 0 Å². The number of aromatic amines is 1. The van der Waals surface area contributed by atoms with Gasteiger partial charge in [-0.25, -0.2) is 13.8 Å². The standard InChI is InChI=1S/C22H25F2N5O/c1-3-28-8-10-29(11-9-28)16-5-7-17(14(2)12-16)27-22(30)15-4-6-18-19(13-15)26-21(25-18)20(23)24/h4-7,12-13,20H,3,8-11H2,1-2H3,(H,25,26)(H,27,30). The second-order valence-electron chi connectivity index (χ2n) is 7.53. The van der Waals surface area contributed by atoms with Crippen LogP contribution in [0.5, 0.6) is 0 Å². The Labute approximate surface area is 173 Å². The Hall–Kier alpha value is -3.00. The number of benzene rings is 2. The quantitative estimate of drug-likeness (QED) is 0.658. The lowest BCUT2D eigenvalue weighted by Gasteiger charge is -2.35. The molecule has 0 radical (unpaired) electrons. The number of hydrogen-bond acceptors (Lipinski definition) is 4. The highest BCUT2D eigenvalue weighted by Gasteiger charge is 2.17. The summed E-state index contributed by atoms with van der Waals surface area (Å²) in [4.78, 5) is 23.9. The highest BCUT2D eigenvalue weighted by Crippen LogP contribution is 2.25. The fourth-order valence-corrected chi connectivity index (χ4v) is 3.78. The van der Waals surface area contributed by atoms with Crippen molar-refractivity contribution in [3.05, 3.63) is 53.3 Å². The smallest absolute Gasteiger partial charge is 0.295 e. The number of nitrogens with one attached hydrogen (secondary N) is 2. The summed E-state index contributed by atoms with van der Waals surface area (Å²) >= 11 is 0. The molecule has 2 aromatic carbocycles. The molecule has 1 saturated heterocycles. The van der Waals surface area contributed by atoms with Crippen LogP contribution in [0.15, 0.2) is 36.4 Å². The zero-order valence-electron chi connectivity index (χ0n) is 17.1. The van der Waals surface area contributed by atoms with E-state index in [1.807, 2.05) is 19.1 Å². The number of aryl methyl sites for hydroxylation is 1. The number of anilines is 2. The highest BCUT2D eigenvalue weighted by molar-refractivity contribution is 6.06. The number of hydrogen-bond donors (Lipinski definition) is 2. The van der Waals surface area contributed by atoms with Gasteiger partial charge in [0.15, 0.2) is 5.82 Å². The number of amides is 1. The maximum absolute atomic E-state index is 12.8. The van der Waals surface area contributed by atoms with E-state index in [4.69, 9.17) is 0 Å². The molecular weight excluding hydrogens is 388 g/mol. The van der Waals surface area contributed by atoms with Gasteiger partial charge in [-0.3, -0.25) is 4.79 Å². The molecule has 0 spiro atoms. The molecule has 1 aliphatic heterocycles. The normalized spacial score (nSPS) is 15.2. The Bertz CT molecular complexity index is 1060. The molecule has 2 N–H and O–H groups in total. The number of halogens is 2. The molecule has 0 saturated carbocycles. The monoisotopic (exact) mass is 413 g/mol. The van der Waals surface area contributed by atoms with Crippen molar-refractivity contribution in [2.24, 2.45) is 0 Å². The molecule has 0 atom stereocenters. The maximum atomic E-state index is 12.8. The molecule has 0 unspecified atom stereocenters. The van der Waals surface area contributed by atoms with E-state index < -0.39 is 12.2 Å². The summed E-state index contributed by atoms with van der Waals surface area (Å²) in [6.45, 7) is 9.31. The van der Waals surface area contributed by atoms with E-state index in [2.05, 4.69) is 38.1 Å². The summed E-state index contributed by atoms with van der Waals surface area (Å²) in [6, 6.07) is 10.7.